The molecule has 0 aliphatic heterocycles. The largest absolute Gasteiger partial charge is 0.375 e. The number of nitrogens with zero attached hydrogens (tertiary/aromatic N) is 2. The monoisotopic (exact) mass is 410 g/mol. The summed E-state index contributed by atoms with van der Waals surface area (Å²) < 4.78 is 2.07. The second-order valence-corrected chi connectivity index (χ2v) is 8.65. The van der Waals surface area contributed by atoms with Crippen LogP contribution in [0.15, 0.2) is 20.0 Å². The molecule has 0 spiro atoms. The highest BCUT2D eigenvalue weighted by Crippen LogP contribution is 2.30. The zero-order valence-corrected chi connectivity index (χ0v) is 14.2. The van der Waals surface area contributed by atoms with Gasteiger partial charge in [0.25, 0.3) is 0 Å². The Morgan fingerprint density at radius 3 is 2.28 bits per heavy atom. The van der Waals surface area contributed by atoms with E-state index in [2.05, 4.69) is 47.1 Å². The third-order valence-electron chi connectivity index (χ3n) is 2.21. The number of halogens is 2. The van der Waals surface area contributed by atoms with Gasteiger partial charge in [0.15, 0.2) is 10.3 Å². The normalized spacial score (nSPS) is 13.9. The molecule has 0 bridgehead atoms. The highest BCUT2D eigenvalue weighted by atomic mass is 79.9. The highest BCUT2D eigenvalue weighted by Gasteiger charge is 2.20. The van der Waals surface area contributed by atoms with Gasteiger partial charge < -0.3 is 11.1 Å². The van der Waals surface area contributed by atoms with Gasteiger partial charge >= 0.3 is 0 Å². The Hall–Kier alpha value is -0.180. The smallest absolute Gasteiger partial charge is 0.183 e. The molecule has 2 aromatic heterocycles. The molecular formula is C10H12Br2N4S2. The zero-order chi connectivity index (χ0) is 13.0. The topological polar surface area (TPSA) is 63.8 Å². The Morgan fingerprint density at radius 1 is 1.22 bits per heavy atom. The van der Waals surface area contributed by atoms with Crippen LogP contribution >= 0.6 is 54.5 Å². The average Bonchev–Trinajstić information content (AvgIpc) is 2.96. The molecule has 3 rings (SSSR count). The van der Waals surface area contributed by atoms with E-state index in [0.717, 1.165) is 25.2 Å². The standard InChI is InChI=1S/C7H9BrN2S.C3H3BrN2S/c8-6-4-10-7(11-6)9-3-5-1-2-5;4-2-1-6-3(5)7-2/h4-5H,1-3H2,(H,9,10);1H,(H2,5,6). The molecule has 18 heavy (non-hydrogen) atoms. The summed E-state index contributed by atoms with van der Waals surface area (Å²) in [6, 6.07) is 0. The third kappa shape index (κ3) is 5.21. The molecule has 3 N–H and O–H groups in total. The van der Waals surface area contributed by atoms with E-state index in [1.807, 2.05) is 6.20 Å². The van der Waals surface area contributed by atoms with Crippen LogP contribution in [0.25, 0.3) is 0 Å². The van der Waals surface area contributed by atoms with E-state index in [1.165, 1.54) is 24.2 Å². The molecule has 1 fully saturated rings. The summed E-state index contributed by atoms with van der Waals surface area (Å²) in [4.78, 5) is 7.94. The average molecular weight is 412 g/mol. The molecule has 0 amide bonds. The molecule has 0 aromatic carbocycles. The molecule has 0 unspecified atom stereocenters. The number of nitrogens with two attached hydrogens (primary N) is 1. The molecule has 0 radical (unpaired) electrons. The van der Waals surface area contributed by atoms with Gasteiger partial charge in [-0.05, 0) is 50.6 Å². The number of aromatic nitrogens is 2. The van der Waals surface area contributed by atoms with Gasteiger partial charge in [-0.15, -0.1) is 0 Å². The Bertz CT molecular complexity index is 479. The van der Waals surface area contributed by atoms with Gasteiger partial charge in [0.05, 0.1) is 20.0 Å². The second kappa shape index (κ2) is 6.83. The van der Waals surface area contributed by atoms with Crippen molar-refractivity contribution in [1.82, 2.24) is 9.97 Å². The van der Waals surface area contributed by atoms with Gasteiger partial charge in [0.2, 0.25) is 0 Å². The van der Waals surface area contributed by atoms with E-state index in [0.29, 0.717) is 5.13 Å². The Balaban J connectivity index is 0.000000149. The quantitative estimate of drug-likeness (QED) is 0.793. The fraction of sp³-hybridized carbons (Fsp3) is 0.400. The van der Waals surface area contributed by atoms with E-state index < -0.39 is 0 Å². The van der Waals surface area contributed by atoms with Crippen molar-refractivity contribution in [3.05, 3.63) is 20.0 Å². The maximum atomic E-state index is 5.26. The molecule has 2 aromatic rings. The van der Waals surface area contributed by atoms with Crippen molar-refractivity contribution in [3.8, 4) is 0 Å². The number of nitrogen functional groups attached to an aromatic ring is 1. The molecule has 1 aliphatic carbocycles. The summed E-state index contributed by atoms with van der Waals surface area (Å²) in [5.74, 6) is 0.915. The van der Waals surface area contributed by atoms with Crippen molar-refractivity contribution < 1.29 is 0 Å². The molecule has 1 aliphatic rings. The van der Waals surface area contributed by atoms with Crippen molar-refractivity contribution in [2.45, 2.75) is 12.8 Å². The SMILES string of the molecule is Brc1cnc(NCC2CC2)s1.Nc1ncc(Br)s1. The first-order chi connectivity index (χ1) is 8.63. The number of hydrogen-bond acceptors (Lipinski definition) is 6. The van der Waals surface area contributed by atoms with Crippen molar-refractivity contribution in [2.24, 2.45) is 5.92 Å². The fourth-order valence-electron chi connectivity index (χ4n) is 1.16. The van der Waals surface area contributed by atoms with Gasteiger partial charge in [0.1, 0.15) is 0 Å². The lowest BCUT2D eigenvalue weighted by Crippen LogP contribution is -2.01. The number of anilines is 2. The summed E-state index contributed by atoms with van der Waals surface area (Å²) in [5, 5.41) is 4.94. The van der Waals surface area contributed by atoms with Crippen LogP contribution in [0.1, 0.15) is 12.8 Å². The van der Waals surface area contributed by atoms with Crippen LogP contribution in [-0.4, -0.2) is 16.5 Å². The number of hydrogen-bond donors (Lipinski definition) is 2. The molecule has 1 saturated carbocycles. The molecule has 98 valence electrons. The molecule has 0 atom stereocenters. The zero-order valence-electron chi connectivity index (χ0n) is 9.40. The lowest BCUT2D eigenvalue weighted by Gasteiger charge is -1.97. The van der Waals surface area contributed by atoms with Gasteiger partial charge in [-0.25, -0.2) is 9.97 Å². The third-order valence-corrected chi connectivity index (χ3v) is 4.95. The summed E-state index contributed by atoms with van der Waals surface area (Å²) in [5.41, 5.74) is 5.26. The molecular weight excluding hydrogens is 400 g/mol. The van der Waals surface area contributed by atoms with E-state index in [1.54, 1.807) is 17.5 Å². The highest BCUT2D eigenvalue weighted by molar-refractivity contribution is 9.11. The van der Waals surface area contributed by atoms with Crippen LogP contribution in [0, 0.1) is 5.92 Å². The predicted molar refractivity (Wildman–Crippen MR) is 85.3 cm³/mol. The summed E-state index contributed by atoms with van der Waals surface area (Å²) >= 11 is 9.66. The molecule has 4 nitrogen and oxygen atoms in total. The van der Waals surface area contributed by atoms with Crippen LogP contribution in [0.2, 0.25) is 0 Å². The first kappa shape index (κ1) is 14.2. The van der Waals surface area contributed by atoms with Crippen LogP contribution in [0.5, 0.6) is 0 Å². The number of rotatable bonds is 3. The summed E-state index contributed by atoms with van der Waals surface area (Å²) in [7, 11) is 0. The van der Waals surface area contributed by atoms with Crippen molar-refractivity contribution in [1.29, 1.82) is 0 Å². The molecule has 8 heteroatoms. The first-order valence-corrected chi connectivity index (χ1v) is 8.57. The summed E-state index contributed by atoms with van der Waals surface area (Å²) in [6.07, 6.45) is 6.29. The van der Waals surface area contributed by atoms with E-state index >= 15 is 0 Å². The van der Waals surface area contributed by atoms with Crippen LogP contribution < -0.4 is 11.1 Å². The van der Waals surface area contributed by atoms with Crippen molar-refractivity contribution in [3.63, 3.8) is 0 Å². The number of nitrogens with one attached hydrogen (secondary N) is 1. The van der Waals surface area contributed by atoms with Crippen LogP contribution in [0.4, 0.5) is 10.3 Å². The predicted octanol–water partition coefficient (Wildman–Crippen LogP) is 4.22. The van der Waals surface area contributed by atoms with E-state index in [9.17, 15) is 0 Å². The molecule has 0 saturated heterocycles. The minimum atomic E-state index is 0.604. The minimum absolute atomic E-state index is 0.604. The van der Waals surface area contributed by atoms with Gasteiger partial charge in [-0.2, -0.15) is 0 Å². The summed E-state index contributed by atoms with van der Waals surface area (Å²) in [6.45, 7) is 1.10. The van der Waals surface area contributed by atoms with Gasteiger partial charge in [0, 0.05) is 6.54 Å². The second-order valence-electron chi connectivity index (χ2n) is 3.80. The maximum Gasteiger partial charge on any atom is 0.183 e. The minimum Gasteiger partial charge on any atom is -0.375 e. The van der Waals surface area contributed by atoms with Crippen LogP contribution in [-0.2, 0) is 0 Å². The lowest BCUT2D eigenvalue weighted by molar-refractivity contribution is 0.887. The number of thiazole rings is 2. The van der Waals surface area contributed by atoms with Gasteiger partial charge in [-0.1, -0.05) is 22.7 Å². The van der Waals surface area contributed by atoms with Gasteiger partial charge in [-0.3, -0.25) is 0 Å². The van der Waals surface area contributed by atoms with Crippen molar-refractivity contribution >= 4 is 64.8 Å². The van der Waals surface area contributed by atoms with E-state index in [-0.39, 0.29) is 0 Å². The van der Waals surface area contributed by atoms with Crippen LogP contribution in [0.3, 0.4) is 0 Å². The maximum absolute atomic E-state index is 5.26. The Morgan fingerprint density at radius 2 is 1.89 bits per heavy atom. The Labute approximate surface area is 130 Å². The van der Waals surface area contributed by atoms with E-state index in [4.69, 9.17) is 5.73 Å². The first-order valence-electron chi connectivity index (χ1n) is 5.35. The fourth-order valence-corrected chi connectivity index (χ4v) is 3.28. The lowest BCUT2D eigenvalue weighted by atomic mass is 10.4. The van der Waals surface area contributed by atoms with Crippen molar-refractivity contribution in [2.75, 3.05) is 17.6 Å². The molecule has 2 heterocycles. The Kier molecular flexibility index (Phi) is 5.40.